The fraction of sp³-hybridized carbons (Fsp3) is 0.640. The molecule has 0 amide bonds. The van der Waals surface area contributed by atoms with E-state index in [1.54, 1.807) is 7.11 Å². The summed E-state index contributed by atoms with van der Waals surface area (Å²) in [6, 6.07) is 8.39. The quantitative estimate of drug-likeness (QED) is 0.717. The van der Waals surface area contributed by atoms with Gasteiger partial charge >= 0.3 is 0 Å². The van der Waals surface area contributed by atoms with Gasteiger partial charge < -0.3 is 14.6 Å². The molecular weight excluding hydrogens is 374 g/mol. The zero-order valence-corrected chi connectivity index (χ0v) is 18.7. The van der Waals surface area contributed by atoms with Crippen LogP contribution in [-0.4, -0.2) is 48.4 Å². The van der Waals surface area contributed by atoms with Crippen LogP contribution in [0.4, 0.5) is 0 Å². The number of ether oxygens (including phenoxy) is 1. The first-order valence-corrected chi connectivity index (χ1v) is 11.7. The molecule has 2 heterocycles. The van der Waals surface area contributed by atoms with E-state index in [2.05, 4.69) is 41.4 Å². The number of nitrogens with zero attached hydrogens (tertiary/aromatic N) is 2. The molecule has 0 spiro atoms. The Morgan fingerprint density at radius 2 is 1.83 bits per heavy atom. The SMILES string of the molecule is COCCn1c(=O)c(CNCC2(N3CCCCC3)CCCC2)cc2cc(C)ccc21. The van der Waals surface area contributed by atoms with Gasteiger partial charge in [0.15, 0.2) is 0 Å². The summed E-state index contributed by atoms with van der Waals surface area (Å²) >= 11 is 0. The highest BCUT2D eigenvalue weighted by atomic mass is 16.5. The van der Waals surface area contributed by atoms with Crippen molar-refractivity contribution in [1.82, 2.24) is 14.8 Å². The number of likely N-dealkylation sites (tertiary alicyclic amines) is 1. The van der Waals surface area contributed by atoms with Crippen molar-refractivity contribution in [3.05, 3.63) is 45.7 Å². The van der Waals surface area contributed by atoms with Crippen LogP contribution >= 0.6 is 0 Å². The van der Waals surface area contributed by atoms with Crippen LogP contribution in [0.5, 0.6) is 0 Å². The van der Waals surface area contributed by atoms with Crippen LogP contribution in [-0.2, 0) is 17.8 Å². The predicted octanol–water partition coefficient (Wildman–Crippen LogP) is 3.84. The molecule has 5 nitrogen and oxygen atoms in total. The summed E-state index contributed by atoms with van der Waals surface area (Å²) in [7, 11) is 1.68. The molecule has 1 N–H and O–H groups in total. The van der Waals surface area contributed by atoms with Gasteiger partial charge in [0.2, 0.25) is 0 Å². The smallest absolute Gasteiger partial charge is 0.255 e. The molecule has 2 aliphatic rings. The maximum atomic E-state index is 13.2. The molecule has 1 aliphatic heterocycles. The molecule has 1 saturated carbocycles. The maximum absolute atomic E-state index is 13.2. The third-order valence-electron chi connectivity index (χ3n) is 7.17. The average molecular weight is 412 g/mol. The average Bonchev–Trinajstić information content (AvgIpc) is 3.24. The van der Waals surface area contributed by atoms with Gasteiger partial charge in [0.1, 0.15) is 0 Å². The molecule has 0 radical (unpaired) electrons. The van der Waals surface area contributed by atoms with Gasteiger partial charge in [-0.2, -0.15) is 0 Å². The number of benzene rings is 1. The molecule has 1 aliphatic carbocycles. The standard InChI is InChI=1S/C25H37N3O2/c1-20-8-9-23-21(16-20)17-22(24(29)28(23)14-15-30-2)18-26-19-25(10-4-5-11-25)27-12-6-3-7-13-27/h8-9,16-17,26H,3-7,10-15,18-19H2,1-2H3. The Balaban J connectivity index is 1.54. The van der Waals surface area contributed by atoms with E-state index in [1.165, 1.54) is 63.6 Å². The van der Waals surface area contributed by atoms with Crippen molar-refractivity contribution in [2.24, 2.45) is 0 Å². The van der Waals surface area contributed by atoms with Gasteiger partial charge in [0, 0.05) is 37.8 Å². The van der Waals surface area contributed by atoms with Crippen LogP contribution in [0.3, 0.4) is 0 Å². The van der Waals surface area contributed by atoms with Crippen molar-refractivity contribution in [2.45, 2.75) is 70.5 Å². The number of piperidine rings is 1. The van der Waals surface area contributed by atoms with Crippen LogP contribution in [0.2, 0.25) is 0 Å². The van der Waals surface area contributed by atoms with E-state index in [9.17, 15) is 4.79 Å². The number of nitrogens with one attached hydrogen (secondary N) is 1. The van der Waals surface area contributed by atoms with Crippen molar-refractivity contribution in [3.8, 4) is 0 Å². The van der Waals surface area contributed by atoms with Crippen LogP contribution in [0.1, 0.15) is 56.1 Å². The van der Waals surface area contributed by atoms with Gasteiger partial charge in [0.05, 0.1) is 12.1 Å². The Kier molecular flexibility index (Phi) is 6.91. The Bertz CT molecular complexity index is 908. The van der Waals surface area contributed by atoms with E-state index >= 15 is 0 Å². The third kappa shape index (κ3) is 4.48. The van der Waals surface area contributed by atoms with E-state index in [0.717, 1.165) is 23.0 Å². The lowest BCUT2D eigenvalue weighted by Gasteiger charge is -2.44. The van der Waals surface area contributed by atoms with Gasteiger partial charge in [-0.3, -0.25) is 9.69 Å². The lowest BCUT2D eigenvalue weighted by atomic mass is 9.92. The minimum atomic E-state index is 0.106. The van der Waals surface area contributed by atoms with Crippen molar-refractivity contribution in [2.75, 3.05) is 33.4 Å². The molecule has 1 aromatic carbocycles. The first-order valence-electron chi connectivity index (χ1n) is 11.7. The zero-order chi connectivity index (χ0) is 21.0. The second kappa shape index (κ2) is 9.63. The van der Waals surface area contributed by atoms with Crippen molar-refractivity contribution < 1.29 is 4.74 Å². The highest BCUT2D eigenvalue weighted by Gasteiger charge is 2.39. The van der Waals surface area contributed by atoms with Gasteiger partial charge in [0.25, 0.3) is 5.56 Å². The Labute approximate surface area is 180 Å². The summed E-state index contributed by atoms with van der Waals surface area (Å²) in [6.45, 7) is 7.31. The van der Waals surface area contributed by atoms with E-state index in [0.29, 0.717) is 25.2 Å². The number of pyridine rings is 1. The fourth-order valence-corrected chi connectivity index (χ4v) is 5.53. The predicted molar refractivity (Wildman–Crippen MR) is 123 cm³/mol. The number of hydrogen-bond acceptors (Lipinski definition) is 4. The molecule has 30 heavy (non-hydrogen) atoms. The first kappa shape index (κ1) is 21.5. The monoisotopic (exact) mass is 411 g/mol. The molecule has 0 atom stereocenters. The molecule has 5 heteroatoms. The lowest BCUT2D eigenvalue weighted by Crippen LogP contribution is -2.54. The van der Waals surface area contributed by atoms with Gasteiger partial charge in [-0.05, 0) is 69.3 Å². The zero-order valence-electron chi connectivity index (χ0n) is 18.7. The number of fused-ring (bicyclic) bond motifs is 1. The first-order chi connectivity index (χ1) is 14.6. The number of rotatable bonds is 8. The molecular formula is C25H37N3O2. The minimum Gasteiger partial charge on any atom is -0.383 e. The number of aryl methyl sites for hydroxylation is 1. The number of hydrogen-bond donors (Lipinski definition) is 1. The minimum absolute atomic E-state index is 0.106. The highest BCUT2D eigenvalue weighted by molar-refractivity contribution is 5.80. The van der Waals surface area contributed by atoms with Crippen molar-refractivity contribution >= 4 is 10.9 Å². The second-order valence-corrected chi connectivity index (χ2v) is 9.26. The molecule has 0 bridgehead atoms. The summed E-state index contributed by atoms with van der Waals surface area (Å²) in [5, 5.41) is 4.83. The van der Waals surface area contributed by atoms with Crippen LogP contribution in [0, 0.1) is 6.92 Å². The van der Waals surface area contributed by atoms with Gasteiger partial charge in [-0.15, -0.1) is 0 Å². The molecule has 2 fully saturated rings. The Morgan fingerprint density at radius 3 is 2.57 bits per heavy atom. The Hall–Kier alpha value is -1.69. The summed E-state index contributed by atoms with van der Waals surface area (Å²) < 4.78 is 7.14. The normalized spacial score (nSPS) is 19.5. The molecule has 1 aromatic heterocycles. The van der Waals surface area contributed by atoms with E-state index in [-0.39, 0.29) is 5.56 Å². The number of aromatic nitrogens is 1. The van der Waals surface area contributed by atoms with Crippen molar-refractivity contribution in [1.29, 1.82) is 0 Å². The number of methoxy groups -OCH3 is 1. The summed E-state index contributed by atoms with van der Waals surface area (Å²) in [5.41, 5.74) is 3.47. The molecule has 0 unspecified atom stereocenters. The van der Waals surface area contributed by atoms with Gasteiger partial charge in [-0.25, -0.2) is 0 Å². The van der Waals surface area contributed by atoms with E-state index in [1.807, 2.05) is 4.57 Å². The lowest BCUT2D eigenvalue weighted by molar-refractivity contribution is 0.0696. The molecule has 164 valence electrons. The topological polar surface area (TPSA) is 46.5 Å². The molecule has 4 rings (SSSR count). The molecule has 2 aromatic rings. The van der Waals surface area contributed by atoms with E-state index in [4.69, 9.17) is 4.74 Å². The summed E-state index contributed by atoms with van der Waals surface area (Å²) in [4.78, 5) is 16.0. The Morgan fingerprint density at radius 1 is 1.07 bits per heavy atom. The second-order valence-electron chi connectivity index (χ2n) is 9.26. The van der Waals surface area contributed by atoms with E-state index < -0.39 is 0 Å². The molecule has 1 saturated heterocycles. The van der Waals surface area contributed by atoms with Crippen LogP contribution in [0.25, 0.3) is 10.9 Å². The maximum Gasteiger partial charge on any atom is 0.255 e. The van der Waals surface area contributed by atoms with Gasteiger partial charge in [-0.1, -0.05) is 30.9 Å². The summed E-state index contributed by atoms with van der Waals surface area (Å²) in [6.07, 6.45) is 9.27. The van der Waals surface area contributed by atoms with Crippen molar-refractivity contribution in [3.63, 3.8) is 0 Å². The summed E-state index contributed by atoms with van der Waals surface area (Å²) in [5.74, 6) is 0. The van der Waals surface area contributed by atoms with Crippen LogP contribution < -0.4 is 10.9 Å². The fourth-order valence-electron chi connectivity index (χ4n) is 5.53. The highest BCUT2D eigenvalue weighted by Crippen LogP contribution is 2.36. The van der Waals surface area contributed by atoms with Crippen LogP contribution in [0.15, 0.2) is 29.1 Å². The largest absolute Gasteiger partial charge is 0.383 e. The third-order valence-corrected chi connectivity index (χ3v) is 7.17.